The number of nitrogens with one attached hydrogen (secondary N) is 2. The number of halogens is 1. The highest BCUT2D eigenvalue weighted by atomic mass is 35.5. The number of hydrogen-bond acceptors (Lipinski definition) is 5. The highest BCUT2D eigenvalue weighted by molar-refractivity contribution is 7.16. The molecule has 0 atom stereocenters. The summed E-state index contributed by atoms with van der Waals surface area (Å²) >= 11 is 7.58. The van der Waals surface area contributed by atoms with E-state index < -0.39 is 0 Å². The third-order valence-corrected chi connectivity index (χ3v) is 6.52. The van der Waals surface area contributed by atoms with Crippen molar-refractivity contribution in [3.8, 4) is 5.75 Å². The summed E-state index contributed by atoms with van der Waals surface area (Å²) in [5, 5.41) is 11.0. The zero-order valence-electron chi connectivity index (χ0n) is 16.0. The number of aromatic nitrogens is 2. The molecule has 148 valence electrons. The number of thiophene rings is 1. The highest BCUT2D eigenvalue weighted by Gasteiger charge is 2.23. The van der Waals surface area contributed by atoms with E-state index >= 15 is 0 Å². The lowest BCUT2D eigenvalue weighted by Gasteiger charge is -2.31. The van der Waals surface area contributed by atoms with E-state index in [1.165, 1.54) is 16.1 Å². The minimum Gasteiger partial charge on any atom is -0.496 e. The number of aromatic amines is 1. The van der Waals surface area contributed by atoms with Crippen LogP contribution in [0.1, 0.15) is 34.9 Å². The lowest BCUT2D eigenvalue weighted by Crippen LogP contribution is -2.32. The van der Waals surface area contributed by atoms with Crippen LogP contribution < -0.4 is 10.1 Å². The molecule has 0 unspecified atom stereocenters. The number of methoxy groups -OCH3 is 1. The maximum Gasteiger partial charge on any atom is 0.148 e. The number of ether oxygens (including phenoxy) is 1. The van der Waals surface area contributed by atoms with Gasteiger partial charge in [-0.05, 0) is 44.1 Å². The SMILES string of the molecule is COc1ccccc1CN1CCC(c2cc(NCc3ccc(Cl)s3)n[nH]2)CC1. The Morgan fingerprint density at radius 1 is 1.25 bits per heavy atom. The molecule has 1 aliphatic heterocycles. The predicted molar refractivity (Wildman–Crippen MR) is 115 cm³/mol. The van der Waals surface area contributed by atoms with Crippen LogP contribution in [0.4, 0.5) is 5.82 Å². The summed E-state index contributed by atoms with van der Waals surface area (Å²) in [6, 6.07) is 14.4. The largest absolute Gasteiger partial charge is 0.496 e. The second-order valence-electron chi connectivity index (χ2n) is 7.13. The Bertz CT molecular complexity index is 901. The zero-order chi connectivity index (χ0) is 19.3. The zero-order valence-corrected chi connectivity index (χ0v) is 17.5. The molecule has 1 saturated heterocycles. The van der Waals surface area contributed by atoms with Gasteiger partial charge in [0, 0.05) is 34.7 Å². The van der Waals surface area contributed by atoms with Crippen molar-refractivity contribution in [1.82, 2.24) is 15.1 Å². The maximum atomic E-state index is 5.99. The number of hydrogen-bond donors (Lipinski definition) is 2. The van der Waals surface area contributed by atoms with Gasteiger partial charge in [-0.25, -0.2) is 0 Å². The molecule has 2 N–H and O–H groups in total. The van der Waals surface area contributed by atoms with Gasteiger partial charge in [0.25, 0.3) is 0 Å². The third kappa shape index (κ3) is 4.69. The molecule has 3 heterocycles. The molecule has 0 aliphatic carbocycles. The van der Waals surface area contributed by atoms with Gasteiger partial charge < -0.3 is 10.1 Å². The van der Waals surface area contributed by atoms with Gasteiger partial charge in [-0.2, -0.15) is 5.10 Å². The number of H-pyrrole nitrogens is 1. The van der Waals surface area contributed by atoms with E-state index in [4.69, 9.17) is 16.3 Å². The lowest BCUT2D eigenvalue weighted by atomic mass is 9.93. The Hall–Kier alpha value is -2.02. The number of nitrogens with zero attached hydrogens (tertiary/aromatic N) is 2. The average molecular weight is 417 g/mol. The molecular weight excluding hydrogens is 392 g/mol. The van der Waals surface area contributed by atoms with Gasteiger partial charge in [0.2, 0.25) is 0 Å². The number of benzene rings is 1. The molecule has 1 aliphatic rings. The molecule has 5 nitrogen and oxygen atoms in total. The quantitative estimate of drug-likeness (QED) is 0.561. The molecule has 7 heteroatoms. The maximum absolute atomic E-state index is 5.99. The summed E-state index contributed by atoms with van der Waals surface area (Å²) in [5.74, 6) is 2.41. The normalized spacial score (nSPS) is 15.6. The highest BCUT2D eigenvalue weighted by Crippen LogP contribution is 2.30. The van der Waals surface area contributed by atoms with Crippen LogP contribution >= 0.6 is 22.9 Å². The number of rotatable bonds is 7. The first-order chi connectivity index (χ1) is 13.7. The van der Waals surface area contributed by atoms with Crippen LogP contribution in [0.3, 0.4) is 0 Å². The minimum absolute atomic E-state index is 0.535. The number of piperidine rings is 1. The van der Waals surface area contributed by atoms with Crippen LogP contribution in [-0.2, 0) is 13.1 Å². The Morgan fingerprint density at radius 3 is 2.82 bits per heavy atom. The van der Waals surface area contributed by atoms with Crippen molar-refractivity contribution in [3.05, 3.63) is 62.9 Å². The summed E-state index contributed by atoms with van der Waals surface area (Å²) in [5.41, 5.74) is 2.48. The standard InChI is InChI=1S/C21H25ClN4OS/c1-27-19-5-3-2-4-16(19)14-26-10-8-15(9-11-26)18-12-21(25-24-18)23-13-17-6-7-20(22)28-17/h2-7,12,15H,8-11,13-14H2,1H3,(H2,23,24,25). The van der Waals surface area contributed by atoms with E-state index in [2.05, 4.69) is 38.6 Å². The number of para-hydroxylation sites is 1. The van der Waals surface area contributed by atoms with Crippen molar-refractivity contribution in [2.45, 2.75) is 31.8 Å². The molecule has 0 amide bonds. The second kappa shape index (κ2) is 8.99. The van der Waals surface area contributed by atoms with Crippen molar-refractivity contribution in [1.29, 1.82) is 0 Å². The summed E-state index contributed by atoms with van der Waals surface area (Å²) in [6.45, 7) is 3.85. The van der Waals surface area contributed by atoms with E-state index in [1.54, 1.807) is 18.4 Å². The summed E-state index contributed by atoms with van der Waals surface area (Å²) in [4.78, 5) is 3.71. The number of anilines is 1. The molecule has 1 aromatic carbocycles. The molecule has 4 rings (SSSR count). The Labute approximate surface area is 174 Å². The molecule has 2 aromatic heterocycles. The van der Waals surface area contributed by atoms with Gasteiger partial charge in [0.15, 0.2) is 0 Å². The van der Waals surface area contributed by atoms with Gasteiger partial charge in [-0.3, -0.25) is 10.00 Å². The molecule has 0 spiro atoms. The summed E-state index contributed by atoms with van der Waals surface area (Å²) < 4.78 is 6.30. The van der Waals surface area contributed by atoms with Crippen LogP contribution in [0.15, 0.2) is 42.5 Å². The first kappa shape index (κ1) is 19.3. The average Bonchev–Trinajstić information content (AvgIpc) is 3.36. The fraction of sp³-hybridized carbons (Fsp3) is 0.381. The molecule has 0 saturated carbocycles. The summed E-state index contributed by atoms with van der Waals surface area (Å²) in [6.07, 6.45) is 2.27. The fourth-order valence-electron chi connectivity index (χ4n) is 3.74. The molecular formula is C21H25ClN4OS. The van der Waals surface area contributed by atoms with Crippen LogP contribution in [-0.4, -0.2) is 35.3 Å². The van der Waals surface area contributed by atoms with E-state index in [-0.39, 0.29) is 0 Å². The van der Waals surface area contributed by atoms with Crippen molar-refractivity contribution in [2.75, 3.05) is 25.5 Å². The van der Waals surface area contributed by atoms with Crippen molar-refractivity contribution in [2.24, 2.45) is 0 Å². The number of likely N-dealkylation sites (tertiary alicyclic amines) is 1. The van der Waals surface area contributed by atoms with Crippen molar-refractivity contribution < 1.29 is 4.74 Å². The van der Waals surface area contributed by atoms with E-state index in [0.29, 0.717) is 5.92 Å². The molecule has 28 heavy (non-hydrogen) atoms. The molecule has 0 bridgehead atoms. The van der Waals surface area contributed by atoms with Crippen LogP contribution in [0.2, 0.25) is 4.34 Å². The molecule has 0 radical (unpaired) electrons. The molecule has 3 aromatic rings. The predicted octanol–water partition coefficient (Wildman–Crippen LogP) is 5.12. The van der Waals surface area contributed by atoms with E-state index in [0.717, 1.165) is 54.9 Å². The van der Waals surface area contributed by atoms with Crippen LogP contribution in [0.5, 0.6) is 5.75 Å². The first-order valence-electron chi connectivity index (χ1n) is 9.59. The Balaban J connectivity index is 1.28. The van der Waals surface area contributed by atoms with Gasteiger partial charge in [0.1, 0.15) is 11.6 Å². The second-order valence-corrected chi connectivity index (χ2v) is 8.93. The van der Waals surface area contributed by atoms with Gasteiger partial charge in [0.05, 0.1) is 18.0 Å². The van der Waals surface area contributed by atoms with Crippen molar-refractivity contribution in [3.63, 3.8) is 0 Å². The van der Waals surface area contributed by atoms with Gasteiger partial charge in [-0.1, -0.05) is 29.8 Å². The van der Waals surface area contributed by atoms with Gasteiger partial charge in [-0.15, -0.1) is 11.3 Å². The van der Waals surface area contributed by atoms with Crippen molar-refractivity contribution >= 4 is 28.8 Å². The lowest BCUT2D eigenvalue weighted by molar-refractivity contribution is 0.201. The monoisotopic (exact) mass is 416 g/mol. The molecule has 1 fully saturated rings. The van der Waals surface area contributed by atoms with Crippen LogP contribution in [0, 0.1) is 0 Å². The summed E-state index contributed by atoms with van der Waals surface area (Å²) in [7, 11) is 1.74. The smallest absolute Gasteiger partial charge is 0.148 e. The van der Waals surface area contributed by atoms with E-state index in [1.807, 2.05) is 24.3 Å². The topological polar surface area (TPSA) is 53.2 Å². The van der Waals surface area contributed by atoms with Gasteiger partial charge >= 0.3 is 0 Å². The minimum atomic E-state index is 0.535. The Kier molecular flexibility index (Phi) is 6.20. The van der Waals surface area contributed by atoms with Crippen LogP contribution in [0.25, 0.3) is 0 Å². The fourth-order valence-corrected chi connectivity index (χ4v) is 4.76. The third-order valence-electron chi connectivity index (χ3n) is 5.28. The van der Waals surface area contributed by atoms with E-state index in [9.17, 15) is 0 Å². The first-order valence-corrected chi connectivity index (χ1v) is 10.8. The Morgan fingerprint density at radius 2 is 2.07 bits per heavy atom.